The van der Waals surface area contributed by atoms with Crippen molar-refractivity contribution < 1.29 is 22.8 Å². The van der Waals surface area contributed by atoms with Crippen LogP contribution in [0.3, 0.4) is 0 Å². The van der Waals surface area contributed by atoms with Crippen LogP contribution in [0.15, 0.2) is 30.4 Å². The van der Waals surface area contributed by atoms with Crippen LogP contribution in [0.4, 0.5) is 18.9 Å². The number of fused-ring (bicyclic) bond motifs is 3. The van der Waals surface area contributed by atoms with Crippen molar-refractivity contribution in [3.8, 4) is 0 Å². The Hall–Kier alpha value is -1.82. The number of allylic oxidation sites excluding steroid dienone is 2. The second kappa shape index (κ2) is 4.47. The van der Waals surface area contributed by atoms with Gasteiger partial charge in [-0.15, -0.1) is 0 Å². The molecule has 1 aliphatic heterocycles. The SMILES string of the molecule is O=C1[C@@H]2[C@H](C(=O)N1c1ccc(Cl)c(C(F)(F)F)c1)[C@@H]1C=C[C@H]2C12CC2. The number of carbonyl (C=O) groups excluding carboxylic acids is 2. The third-order valence-corrected chi connectivity index (χ3v) is 6.70. The molecular formula is C18H13ClF3NO2. The lowest BCUT2D eigenvalue weighted by molar-refractivity contribution is -0.137. The number of imide groups is 1. The van der Waals surface area contributed by atoms with Gasteiger partial charge in [0.05, 0.1) is 28.1 Å². The zero-order valence-electron chi connectivity index (χ0n) is 12.9. The van der Waals surface area contributed by atoms with Gasteiger partial charge in [0.1, 0.15) is 0 Å². The Morgan fingerprint density at radius 1 is 1.04 bits per heavy atom. The number of carbonyl (C=O) groups is 2. The molecule has 3 aliphatic carbocycles. The predicted octanol–water partition coefficient (Wildman–Crippen LogP) is 4.06. The number of alkyl halides is 3. The summed E-state index contributed by atoms with van der Waals surface area (Å²) in [6.45, 7) is 0. The molecule has 1 aromatic carbocycles. The van der Waals surface area contributed by atoms with E-state index in [1.807, 2.05) is 12.2 Å². The molecule has 4 aliphatic rings. The van der Waals surface area contributed by atoms with Crippen molar-refractivity contribution >= 4 is 29.1 Å². The molecule has 130 valence electrons. The van der Waals surface area contributed by atoms with Gasteiger partial charge < -0.3 is 0 Å². The molecule has 5 rings (SSSR count). The van der Waals surface area contributed by atoms with Crippen LogP contribution in [0.2, 0.25) is 5.02 Å². The maximum Gasteiger partial charge on any atom is 0.417 e. The average molecular weight is 368 g/mol. The normalized spacial score (nSPS) is 34.3. The smallest absolute Gasteiger partial charge is 0.274 e. The van der Waals surface area contributed by atoms with Crippen LogP contribution in [-0.4, -0.2) is 11.8 Å². The average Bonchev–Trinajstić information content (AvgIpc) is 3.13. The van der Waals surface area contributed by atoms with Gasteiger partial charge in [-0.05, 0) is 48.3 Å². The molecule has 0 aromatic heterocycles. The molecule has 1 spiro atoms. The van der Waals surface area contributed by atoms with Gasteiger partial charge in [0.25, 0.3) is 0 Å². The molecule has 3 fully saturated rings. The Bertz CT molecular complexity index is 824. The summed E-state index contributed by atoms with van der Waals surface area (Å²) in [5.74, 6) is -1.55. The predicted molar refractivity (Wildman–Crippen MR) is 83.7 cm³/mol. The summed E-state index contributed by atoms with van der Waals surface area (Å²) in [6, 6.07) is 3.18. The first-order valence-corrected chi connectivity index (χ1v) is 8.56. The van der Waals surface area contributed by atoms with Gasteiger partial charge >= 0.3 is 6.18 Å². The fourth-order valence-corrected chi connectivity index (χ4v) is 5.43. The first-order chi connectivity index (χ1) is 11.8. The molecule has 0 unspecified atom stereocenters. The molecule has 7 heteroatoms. The standard InChI is InChI=1S/C18H13ClF3NO2/c19-12-4-1-8(7-11(12)18(20,21)22)23-15(24)13-9-2-3-10(14(13)16(23)25)17(9)5-6-17/h1-4,7,9-10,13-14H,5-6H2/t9-,10+,13+,14-. The third kappa shape index (κ3) is 1.78. The first kappa shape index (κ1) is 15.4. The zero-order chi connectivity index (χ0) is 17.7. The Balaban J connectivity index is 1.56. The molecular weight excluding hydrogens is 355 g/mol. The Kier molecular flexibility index (Phi) is 2.76. The highest BCUT2D eigenvalue weighted by molar-refractivity contribution is 6.31. The lowest BCUT2D eigenvalue weighted by Crippen LogP contribution is -2.34. The third-order valence-electron chi connectivity index (χ3n) is 6.37. The van der Waals surface area contributed by atoms with Gasteiger partial charge in [-0.25, -0.2) is 0 Å². The van der Waals surface area contributed by atoms with Crippen molar-refractivity contribution in [1.82, 2.24) is 0 Å². The van der Waals surface area contributed by atoms with Crippen LogP contribution in [-0.2, 0) is 15.8 Å². The number of anilines is 1. The van der Waals surface area contributed by atoms with E-state index in [2.05, 4.69) is 0 Å². The van der Waals surface area contributed by atoms with Crippen LogP contribution in [0.25, 0.3) is 0 Å². The summed E-state index contributed by atoms with van der Waals surface area (Å²) in [7, 11) is 0. The summed E-state index contributed by atoms with van der Waals surface area (Å²) in [5, 5.41) is -0.450. The summed E-state index contributed by atoms with van der Waals surface area (Å²) < 4.78 is 39.3. The summed E-state index contributed by atoms with van der Waals surface area (Å²) in [6.07, 6.45) is 1.44. The van der Waals surface area contributed by atoms with Crippen molar-refractivity contribution in [2.24, 2.45) is 29.1 Å². The minimum Gasteiger partial charge on any atom is -0.274 e. The van der Waals surface area contributed by atoms with Crippen LogP contribution in [0, 0.1) is 29.1 Å². The maximum atomic E-state index is 13.1. The summed E-state index contributed by atoms with van der Waals surface area (Å²) in [4.78, 5) is 26.7. The maximum absolute atomic E-state index is 13.1. The van der Waals surface area contributed by atoms with Crippen molar-refractivity contribution in [2.45, 2.75) is 19.0 Å². The van der Waals surface area contributed by atoms with Crippen LogP contribution in [0.1, 0.15) is 18.4 Å². The van der Waals surface area contributed by atoms with Gasteiger partial charge in [-0.2, -0.15) is 13.2 Å². The molecule has 25 heavy (non-hydrogen) atoms. The van der Waals surface area contributed by atoms with Crippen molar-refractivity contribution in [3.05, 3.63) is 40.9 Å². The summed E-state index contributed by atoms with van der Waals surface area (Å²) in [5.41, 5.74) is -1.03. The Labute approximate surface area is 146 Å². The fourth-order valence-electron chi connectivity index (χ4n) is 5.20. The van der Waals surface area contributed by atoms with Gasteiger partial charge in [-0.1, -0.05) is 23.8 Å². The summed E-state index contributed by atoms with van der Waals surface area (Å²) >= 11 is 5.64. The van der Waals surface area contributed by atoms with Gasteiger partial charge in [0.15, 0.2) is 0 Å². The molecule has 2 bridgehead atoms. The highest BCUT2D eigenvalue weighted by atomic mass is 35.5. The van der Waals surface area contributed by atoms with E-state index in [-0.39, 0.29) is 34.8 Å². The van der Waals surface area contributed by atoms with Gasteiger partial charge in [-0.3, -0.25) is 14.5 Å². The van der Waals surface area contributed by atoms with E-state index in [9.17, 15) is 22.8 Å². The topological polar surface area (TPSA) is 37.4 Å². The Morgan fingerprint density at radius 3 is 2.08 bits per heavy atom. The van der Waals surface area contributed by atoms with Gasteiger partial charge in [0.2, 0.25) is 11.8 Å². The number of hydrogen-bond donors (Lipinski definition) is 0. The number of rotatable bonds is 1. The van der Waals surface area contributed by atoms with Crippen molar-refractivity contribution in [2.75, 3.05) is 4.90 Å². The highest BCUT2D eigenvalue weighted by Gasteiger charge is 2.73. The van der Waals surface area contributed by atoms with Crippen LogP contribution in [0.5, 0.6) is 0 Å². The monoisotopic (exact) mass is 367 g/mol. The molecule has 3 nitrogen and oxygen atoms in total. The molecule has 1 saturated heterocycles. The molecule has 1 aromatic rings. The van der Waals surface area contributed by atoms with Crippen molar-refractivity contribution in [1.29, 1.82) is 0 Å². The molecule has 1 heterocycles. The zero-order valence-corrected chi connectivity index (χ0v) is 13.6. The van der Waals surface area contributed by atoms with E-state index in [1.54, 1.807) is 0 Å². The Morgan fingerprint density at radius 2 is 1.60 bits per heavy atom. The van der Waals surface area contributed by atoms with Crippen LogP contribution >= 0.6 is 11.6 Å². The number of amides is 2. The number of benzene rings is 1. The molecule has 2 saturated carbocycles. The van der Waals surface area contributed by atoms with E-state index >= 15 is 0 Å². The minimum atomic E-state index is -4.65. The molecule has 0 N–H and O–H groups in total. The lowest BCUT2D eigenvalue weighted by Gasteiger charge is -2.22. The number of hydrogen-bond acceptors (Lipinski definition) is 2. The minimum absolute atomic E-state index is 0.0401. The first-order valence-electron chi connectivity index (χ1n) is 8.18. The molecule has 4 atom stereocenters. The van der Waals surface area contributed by atoms with Crippen LogP contribution < -0.4 is 4.90 Å². The van der Waals surface area contributed by atoms with E-state index < -0.39 is 28.6 Å². The van der Waals surface area contributed by atoms with E-state index in [0.717, 1.165) is 29.9 Å². The second-order valence-electron chi connectivity index (χ2n) is 7.39. The fraction of sp³-hybridized carbons (Fsp3) is 0.444. The van der Waals surface area contributed by atoms with Crippen molar-refractivity contribution in [3.63, 3.8) is 0 Å². The highest BCUT2D eigenvalue weighted by Crippen LogP contribution is 2.73. The van der Waals surface area contributed by atoms with E-state index in [0.29, 0.717) is 0 Å². The quantitative estimate of drug-likeness (QED) is 0.554. The molecule has 2 amide bonds. The lowest BCUT2D eigenvalue weighted by atomic mass is 9.85. The largest absolute Gasteiger partial charge is 0.417 e. The van der Waals surface area contributed by atoms with E-state index in [1.165, 1.54) is 6.07 Å². The van der Waals surface area contributed by atoms with E-state index in [4.69, 9.17) is 11.6 Å². The molecule has 0 radical (unpaired) electrons. The number of nitrogens with zero attached hydrogens (tertiary/aromatic N) is 1. The van der Waals surface area contributed by atoms with Gasteiger partial charge in [0, 0.05) is 0 Å². The second-order valence-corrected chi connectivity index (χ2v) is 7.80. The number of halogens is 4.